The summed E-state index contributed by atoms with van der Waals surface area (Å²) in [5.74, 6) is 0. The average Bonchev–Trinajstić information content (AvgIpc) is 2.27. The minimum atomic E-state index is 1.08. The van der Waals surface area contributed by atoms with Gasteiger partial charge in [0.2, 0.25) is 0 Å². The van der Waals surface area contributed by atoms with Crippen LogP contribution in [0.3, 0.4) is 0 Å². The Balaban J connectivity index is 3.22. The molecule has 0 atom stereocenters. The van der Waals surface area contributed by atoms with E-state index in [4.69, 9.17) is 0 Å². The van der Waals surface area contributed by atoms with Gasteiger partial charge in [0, 0.05) is 0 Å². The van der Waals surface area contributed by atoms with Crippen LogP contribution in [0.2, 0.25) is 0 Å². The SMILES string of the molecule is [CH2]CCCN(CC)CCCCCCCC. The van der Waals surface area contributed by atoms with Crippen LogP contribution in [0.25, 0.3) is 0 Å². The predicted molar refractivity (Wildman–Crippen MR) is 70.1 cm³/mol. The van der Waals surface area contributed by atoms with E-state index in [0.717, 1.165) is 6.42 Å². The first-order valence-corrected chi connectivity index (χ1v) is 6.86. The van der Waals surface area contributed by atoms with Gasteiger partial charge < -0.3 is 4.90 Å². The zero-order valence-corrected chi connectivity index (χ0v) is 10.9. The Kier molecular flexibility index (Phi) is 12.0. The molecule has 15 heavy (non-hydrogen) atoms. The molecule has 0 bridgehead atoms. The normalized spacial score (nSPS) is 11.2. The van der Waals surface area contributed by atoms with Crippen LogP contribution in [0.1, 0.15) is 65.2 Å². The second-order valence-corrected chi connectivity index (χ2v) is 4.41. The van der Waals surface area contributed by atoms with Gasteiger partial charge in [0.15, 0.2) is 0 Å². The monoisotopic (exact) mass is 212 g/mol. The summed E-state index contributed by atoms with van der Waals surface area (Å²) in [6, 6.07) is 0. The molecule has 1 heteroatoms. The van der Waals surface area contributed by atoms with Crippen LogP contribution >= 0.6 is 0 Å². The minimum absolute atomic E-state index is 1.08. The van der Waals surface area contributed by atoms with Crippen LogP contribution in [0.4, 0.5) is 0 Å². The van der Waals surface area contributed by atoms with E-state index in [-0.39, 0.29) is 0 Å². The molecule has 0 saturated heterocycles. The molecule has 0 spiro atoms. The number of nitrogens with zero attached hydrogens (tertiary/aromatic N) is 1. The van der Waals surface area contributed by atoms with E-state index in [2.05, 4.69) is 25.7 Å². The summed E-state index contributed by atoms with van der Waals surface area (Å²) in [7, 11) is 0. The lowest BCUT2D eigenvalue weighted by atomic mass is 10.1. The summed E-state index contributed by atoms with van der Waals surface area (Å²) in [4.78, 5) is 2.56. The van der Waals surface area contributed by atoms with Crippen LogP contribution in [-0.4, -0.2) is 24.5 Å². The predicted octanol–water partition coefficient (Wildman–Crippen LogP) is 4.28. The van der Waals surface area contributed by atoms with E-state index in [1.54, 1.807) is 0 Å². The Bertz CT molecular complexity index is 112. The van der Waals surface area contributed by atoms with E-state index in [0.29, 0.717) is 0 Å². The van der Waals surface area contributed by atoms with E-state index in [1.807, 2.05) is 0 Å². The molecular formula is C14H30N. The Hall–Kier alpha value is -0.0400. The van der Waals surface area contributed by atoms with Gasteiger partial charge in [-0.2, -0.15) is 0 Å². The first-order chi connectivity index (χ1) is 7.35. The molecule has 0 aliphatic carbocycles. The topological polar surface area (TPSA) is 3.24 Å². The number of hydrogen-bond donors (Lipinski definition) is 0. The molecule has 0 aromatic carbocycles. The summed E-state index contributed by atoms with van der Waals surface area (Å²) in [6.07, 6.45) is 10.8. The molecule has 0 aliphatic rings. The van der Waals surface area contributed by atoms with Crippen LogP contribution in [-0.2, 0) is 0 Å². The van der Waals surface area contributed by atoms with Gasteiger partial charge in [0.05, 0.1) is 0 Å². The van der Waals surface area contributed by atoms with Gasteiger partial charge in [-0.15, -0.1) is 0 Å². The molecule has 0 aliphatic heterocycles. The number of unbranched alkanes of at least 4 members (excludes halogenated alkanes) is 6. The highest BCUT2D eigenvalue weighted by molar-refractivity contribution is 4.57. The molecule has 0 amide bonds. The van der Waals surface area contributed by atoms with Gasteiger partial charge in [0.25, 0.3) is 0 Å². The highest BCUT2D eigenvalue weighted by atomic mass is 15.1. The van der Waals surface area contributed by atoms with Crippen molar-refractivity contribution in [1.29, 1.82) is 0 Å². The summed E-state index contributed by atoms with van der Waals surface area (Å²) in [6.45, 7) is 12.2. The van der Waals surface area contributed by atoms with Crippen molar-refractivity contribution in [2.24, 2.45) is 0 Å². The highest BCUT2D eigenvalue weighted by Gasteiger charge is 2.00. The van der Waals surface area contributed by atoms with E-state index in [1.165, 1.54) is 64.6 Å². The lowest BCUT2D eigenvalue weighted by Gasteiger charge is -2.19. The third-order valence-corrected chi connectivity index (χ3v) is 3.00. The van der Waals surface area contributed by atoms with Crippen molar-refractivity contribution in [2.45, 2.75) is 65.2 Å². The van der Waals surface area contributed by atoms with Crippen molar-refractivity contribution in [3.8, 4) is 0 Å². The van der Waals surface area contributed by atoms with E-state index in [9.17, 15) is 0 Å². The van der Waals surface area contributed by atoms with Crippen molar-refractivity contribution in [3.63, 3.8) is 0 Å². The maximum Gasteiger partial charge on any atom is -0.00189 e. The first-order valence-electron chi connectivity index (χ1n) is 6.86. The molecule has 0 aromatic rings. The van der Waals surface area contributed by atoms with Gasteiger partial charge in [-0.1, -0.05) is 59.3 Å². The summed E-state index contributed by atoms with van der Waals surface area (Å²) in [5.41, 5.74) is 0. The van der Waals surface area contributed by atoms with Crippen molar-refractivity contribution in [3.05, 3.63) is 6.92 Å². The molecule has 0 saturated carbocycles. The summed E-state index contributed by atoms with van der Waals surface area (Å²) in [5, 5.41) is 0. The fraction of sp³-hybridized carbons (Fsp3) is 0.929. The van der Waals surface area contributed by atoms with Crippen LogP contribution in [0.5, 0.6) is 0 Å². The molecule has 1 nitrogen and oxygen atoms in total. The maximum absolute atomic E-state index is 3.90. The van der Waals surface area contributed by atoms with E-state index >= 15 is 0 Å². The fourth-order valence-electron chi connectivity index (χ4n) is 1.88. The Labute approximate surface area is 97.2 Å². The van der Waals surface area contributed by atoms with Gasteiger partial charge in [-0.05, 0) is 32.5 Å². The maximum atomic E-state index is 3.90. The Morgan fingerprint density at radius 2 is 1.40 bits per heavy atom. The molecule has 1 radical (unpaired) electrons. The van der Waals surface area contributed by atoms with Gasteiger partial charge in [0.1, 0.15) is 0 Å². The molecular weight excluding hydrogens is 182 g/mol. The van der Waals surface area contributed by atoms with Gasteiger partial charge in [-0.3, -0.25) is 0 Å². The summed E-state index contributed by atoms with van der Waals surface area (Å²) < 4.78 is 0. The van der Waals surface area contributed by atoms with Gasteiger partial charge in [-0.25, -0.2) is 0 Å². The molecule has 0 fully saturated rings. The lowest BCUT2D eigenvalue weighted by molar-refractivity contribution is 0.277. The van der Waals surface area contributed by atoms with Crippen LogP contribution in [0.15, 0.2) is 0 Å². The van der Waals surface area contributed by atoms with Crippen molar-refractivity contribution < 1.29 is 0 Å². The molecule has 0 rings (SSSR count). The Morgan fingerprint density at radius 1 is 0.800 bits per heavy atom. The number of rotatable bonds is 11. The van der Waals surface area contributed by atoms with Gasteiger partial charge >= 0.3 is 0 Å². The highest BCUT2D eigenvalue weighted by Crippen LogP contribution is 2.06. The first kappa shape index (κ1) is 15.0. The fourth-order valence-corrected chi connectivity index (χ4v) is 1.88. The van der Waals surface area contributed by atoms with Crippen LogP contribution < -0.4 is 0 Å². The summed E-state index contributed by atoms with van der Waals surface area (Å²) >= 11 is 0. The molecule has 0 heterocycles. The lowest BCUT2D eigenvalue weighted by Crippen LogP contribution is -2.25. The molecule has 0 aromatic heterocycles. The average molecular weight is 212 g/mol. The second kappa shape index (κ2) is 12.0. The standard InChI is InChI=1S/C14H30N/c1-4-7-9-10-11-12-14-15(6-3)13-8-5-2/h2,4-14H2,1,3H3. The zero-order valence-electron chi connectivity index (χ0n) is 10.9. The third-order valence-electron chi connectivity index (χ3n) is 3.00. The number of hydrogen-bond acceptors (Lipinski definition) is 1. The van der Waals surface area contributed by atoms with Crippen molar-refractivity contribution in [2.75, 3.05) is 19.6 Å². The van der Waals surface area contributed by atoms with Crippen molar-refractivity contribution in [1.82, 2.24) is 4.90 Å². The third kappa shape index (κ3) is 10.2. The van der Waals surface area contributed by atoms with E-state index < -0.39 is 0 Å². The smallest absolute Gasteiger partial charge is 0.00189 e. The molecule has 91 valence electrons. The minimum Gasteiger partial charge on any atom is -0.304 e. The Morgan fingerprint density at radius 3 is 2.00 bits per heavy atom. The molecule has 0 N–H and O–H groups in total. The second-order valence-electron chi connectivity index (χ2n) is 4.41. The van der Waals surface area contributed by atoms with Crippen molar-refractivity contribution >= 4 is 0 Å². The van der Waals surface area contributed by atoms with Crippen LogP contribution in [0, 0.1) is 6.92 Å². The quantitative estimate of drug-likeness (QED) is 0.462. The largest absolute Gasteiger partial charge is 0.304 e. The molecule has 0 unspecified atom stereocenters. The zero-order chi connectivity index (χ0) is 11.4.